The molecule has 0 aliphatic carbocycles. The van der Waals surface area contributed by atoms with Crippen molar-refractivity contribution in [3.8, 4) is 0 Å². The van der Waals surface area contributed by atoms with Gasteiger partial charge in [-0.25, -0.2) is 4.79 Å². The molecule has 0 bridgehead atoms. The Balaban J connectivity index is 1.39. The number of Topliss-reactive ketones (excluding diaryl/α,β-unsaturated/α-hetero) is 2. The Bertz CT molecular complexity index is 999. The van der Waals surface area contributed by atoms with E-state index in [2.05, 4.69) is 5.32 Å². The molecule has 198 valence electrons. The summed E-state index contributed by atoms with van der Waals surface area (Å²) in [5.74, 6) is -1.78. The van der Waals surface area contributed by atoms with Gasteiger partial charge in [0.15, 0.2) is 0 Å². The minimum Gasteiger partial charge on any atom is -0.477 e. The molecule has 0 aromatic rings. The summed E-state index contributed by atoms with van der Waals surface area (Å²) in [6, 6.07) is -0.593. The smallest absolute Gasteiger partial charge is 0.353 e. The third-order valence-corrected chi connectivity index (χ3v) is 9.55. The van der Waals surface area contributed by atoms with Crippen LogP contribution in [0.2, 0.25) is 0 Å². The normalized spacial score (nSPS) is 32.5. The molecular formula is C25H36N4O6S. The van der Waals surface area contributed by atoms with E-state index in [9.17, 15) is 29.1 Å². The largest absolute Gasteiger partial charge is 0.477 e. The summed E-state index contributed by atoms with van der Waals surface area (Å²) < 4.78 is 0. The Kier molecular flexibility index (Phi) is 7.92. The van der Waals surface area contributed by atoms with Crippen LogP contribution in [-0.2, 0) is 24.0 Å². The summed E-state index contributed by atoms with van der Waals surface area (Å²) >= 11 is 1.46. The van der Waals surface area contributed by atoms with Crippen molar-refractivity contribution < 1.29 is 29.1 Å². The van der Waals surface area contributed by atoms with E-state index in [-0.39, 0.29) is 76.6 Å². The van der Waals surface area contributed by atoms with Gasteiger partial charge in [-0.15, -0.1) is 11.8 Å². The Morgan fingerprint density at radius 2 is 2.00 bits per heavy atom. The molecule has 4 rings (SSSR count). The first-order valence-electron chi connectivity index (χ1n) is 12.7. The molecule has 4 heterocycles. The molecular weight excluding hydrogens is 484 g/mol. The molecule has 11 heteroatoms. The Morgan fingerprint density at radius 3 is 2.64 bits per heavy atom. The number of aliphatic carboxylic acids is 1. The van der Waals surface area contributed by atoms with Crippen LogP contribution < -0.4 is 11.1 Å². The van der Waals surface area contributed by atoms with Gasteiger partial charge < -0.3 is 30.8 Å². The van der Waals surface area contributed by atoms with Crippen LogP contribution in [0.4, 0.5) is 0 Å². The number of amides is 2. The van der Waals surface area contributed by atoms with Crippen LogP contribution in [0.3, 0.4) is 0 Å². The molecule has 4 aliphatic rings. The summed E-state index contributed by atoms with van der Waals surface area (Å²) in [6.07, 6.45) is 2.07. The van der Waals surface area contributed by atoms with E-state index in [0.29, 0.717) is 43.8 Å². The highest BCUT2D eigenvalue weighted by molar-refractivity contribution is 8.03. The summed E-state index contributed by atoms with van der Waals surface area (Å²) in [5.41, 5.74) is 5.47. The van der Waals surface area contributed by atoms with Gasteiger partial charge in [0.25, 0.3) is 0 Å². The lowest BCUT2D eigenvalue weighted by molar-refractivity contribution is -0.160. The fourth-order valence-electron chi connectivity index (χ4n) is 6.33. The highest BCUT2D eigenvalue weighted by Crippen LogP contribution is 2.53. The van der Waals surface area contributed by atoms with Crippen LogP contribution in [0, 0.1) is 23.7 Å². The van der Waals surface area contributed by atoms with Crippen molar-refractivity contribution in [3.63, 3.8) is 0 Å². The zero-order chi connectivity index (χ0) is 26.3. The van der Waals surface area contributed by atoms with E-state index >= 15 is 0 Å². The molecule has 7 atom stereocenters. The number of fused-ring (bicyclic) bond motifs is 1. The van der Waals surface area contributed by atoms with Crippen molar-refractivity contribution in [3.05, 3.63) is 10.6 Å². The van der Waals surface area contributed by atoms with Crippen LogP contribution >= 0.6 is 11.8 Å². The second-order valence-corrected chi connectivity index (χ2v) is 12.1. The maximum atomic E-state index is 13.1. The molecule has 0 saturated carbocycles. The number of nitrogens with one attached hydrogen (secondary N) is 1. The van der Waals surface area contributed by atoms with Gasteiger partial charge in [0.05, 0.1) is 24.5 Å². The van der Waals surface area contributed by atoms with Crippen molar-refractivity contribution in [1.29, 1.82) is 0 Å². The van der Waals surface area contributed by atoms with Crippen LogP contribution in [0.1, 0.15) is 46.5 Å². The molecule has 0 spiro atoms. The highest BCUT2D eigenvalue weighted by Gasteiger charge is 2.60. The van der Waals surface area contributed by atoms with Crippen molar-refractivity contribution >= 4 is 41.1 Å². The molecule has 3 saturated heterocycles. The number of thioether (sulfide) groups is 1. The van der Waals surface area contributed by atoms with Gasteiger partial charge >= 0.3 is 5.97 Å². The van der Waals surface area contributed by atoms with E-state index in [1.165, 1.54) is 23.6 Å². The van der Waals surface area contributed by atoms with Gasteiger partial charge in [-0.2, -0.15) is 0 Å². The summed E-state index contributed by atoms with van der Waals surface area (Å²) in [5, 5.41) is 13.2. The number of β-lactam (4-membered cyclic amide) rings is 1. The second-order valence-electron chi connectivity index (χ2n) is 10.7. The minimum atomic E-state index is -1.12. The Morgan fingerprint density at radius 1 is 1.28 bits per heavy atom. The number of rotatable bonds is 10. The standard InChI is InChI=1S/C25H36N4O6S/c1-12(6-13(2)30)19-20-14(3)22(21(25(34)35)29(20)24(19)33)36-17-8-18(27-10-17)23(32)28-5-4-15(11-28)7-16(31)9-26/h12,14-15,17-20,27H,4-11,26H2,1-3H3,(H,34,35)/t12-,14+,15+,17?,18?,19+,20-/m0/s1. The monoisotopic (exact) mass is 520 g/mol. The predicted octanol–water partition coefficient (Wildman–Crippen LogP) is 0.605. The SMILES string of the molecule is CC(=O)C[C@H](C)[C@H]1C(=O)N2C(C(=O)O)=C(SC3CNC(C(=O)N4CC[C@H](CC(=O)CN)C4)C3)[C@H](C)[C@@H]12. The van der Waals surface area contributed by atoms with Gasteiger partial charge in [0, 0.05) is 48.5 Å². The zero-order valence-corrected chi connectivity index (χ0v) is 21.9. The molecule has 36 heavy (non-hydrogen) atoms. The van der Waals surface area contributed by atoms with E-state index in [1.54, 1.807) is 0 Å². The number of likely N-dealkylation sites (tertiary alicyclic amines) is 1. The van der Waals surface area contributed by atoms with Crippen molar-refractivity contribution in [1.82, 2.24) is 15.1 Å². The maximum absolute atomic E-state index is 13.1. The highest BCUT2D eigenvalue weighted by atomic mass is 32.2. The number of carbonyl (C=O) groups excluding carboxylic acids is 4. The molecule has 0 radical (unpaired) electrons. The van der Waals surface area contributed by atoms with Crippen LogP contribution in [0.25, 0.3) is 0 Å². The average molecular weight is 521 g/mol. The topological polar surface area (TPSA) is 150 Å². The average Bonchev–Trinajstić information content (AvgIpc) is 3.51. The van der Waals surface area contributed by atoms with Gasteiger partial charge in [0.1, 0.15) is 17.3 Å². The van der Waals surface area contributed by atoms with Crippen LogP contribution in [-0.4, -0.2) is 87.8 Å². The van der Waals surface area contributed by atoms with Crippen molar-refractivity contribution in [2.45, 2.75) is 63.8 Å². The van der Waals surface area contributed by atoms with Crippen molar-refractivity contribution in [2.24, 2.45) is 29.4 Å². The number of carboxylic acid groups (broad SMARTS) is 1. The van der Waals surface area contributed by atoms with Gasteiger partial charge in [-0.3, -0.25) is 14.4 Å². The molecule has 4 N–H and O–H groups in total. The van der Waals surface area contributed by atoms with E-state index < -0.39 is 5.97 Å². The Hall–Kier alpha value is -2.24. The lowest BCUT2D eigenvalue weighted by Crippen LogP contribution is -2.62. The zero-order valence-electron chi connectivity index (χ0n) is 21.1. The van der Waals surface area contributed by atoms with E-state index in [0.717, 1.165) is 6.42 Å². The van der Waals surface area contributed by atoms with Crippen LogP contribution in [0.15, 0.2) is 10.6 Å². The molecule has 3 fully saturated rings. The maximum Gasteiger partial charge on any atom is 0.353 e. The molecule has 0 aromatic carbocycles. The molecule has 4 aliphatic heterocycles. The minimum absolute atomic E-state index is 0.00450. The fourth-order valence-corrected chi connectivity index (χ4v) is 7.81. The summed E-state index contributed by atoms with van der Waals surface area (Å²) in [6.45, 7) is 7.12. The second kappa shape index (κ2) is 10.6. The predicted molar refractivity (Wildman–Crippen MR) is 134 cm³/mol. The van der Waals surface area contributed by atoms with E-state index in [1.807, 2.05) is 18.7 Å². The quantitative estimate of drug-likeness (QED) is 0.352. The first kappa shape index (κ1) is 26.8. The van der Waals surface area contributed by atoms with E-state index in [4.69, 9.17) is 5.73 Å². The number of carbonyl (C=O) groups is 5. The number of hydrogen-bond acceptors (Lipinski definition) is 8. The number of nitrogens with two attached hydrogens (primary N) is 1. The number of nitrogens with zero attached hydrogens (tertiary/aromatic N) is 2. The number of hydrogen-bond donors (Lipinski definition) is 3. The summed E-state index contributed by atoms with van der Waals surface area (Å²) in [7, 11) is 0. The first-order valence-corrected chi connectivity index (χ1v) is 13.6. The van der Waals surface area contributed by atoms with Gasteiger partial charge in [-0.1, -0.05) is 13.8 Å². The van der Waals surface area contributed by atoms with Gasteiger partial charge in [-0.05, 0) is 31.6 Å². The Labute approximate surface area is 215 Å². The first-order chi connectivity index (χ1) is 17.0. The number of carboxylic acids is 1. The third kappa shape index (κ3) is 4.97. The summed E-state index contributed by atoms with van der Waals surface area (Å²) in [4.78, 5) is 65.4. The van der Waals surface area contributed by atoms with Gasteiger partial charge in [0.2, 0.25) is 11.8 Å². The molecule has 10 nitrogen and oxygen atoms in total. The third-order valence-electron chi connectivity index (χ3n) is 8.04. The number of ketones is 2. The lowest BCUT2D eigenvalue weighted by Gasteiger charge is -2.47. The fraction of sp³-hybridized carbons (Fsp3) is 0.720. The van der Waals surface area contributed by atoms with Crippen LogP contribution in [0.5, 0.6) is 0 Å². The molecule has 2 amide bonds. The lowest BCUT2D eigenvalue weighted by atomic mass is 9.73. The van der Waals surface area contributed by atoms with Crippen molar-refractivity contribution in [2.75, 3.05) is 26.2 Å². The molecule has 0 aromatic heterocycles. The molecule has 2 unspecified atom stereocenters.